The third kappa shape index (κ3) is 9.86. The molecule has 0 saturated carbocycles. The van der Waals surface area contributed by atoms with Gasteiger partial charge in [-0.2, -0.15) is 0 Å². The van der Waals surface area contributed by atoms with E-state index in [9.17, 15) is 86.8 Å². The first-order valence-corrected chi connectivity index (χ1v) is 21.2. The maximum atomic E-state index is 12.2. The lowest BCUT2D eigenvalue weighted by molar-refractivity contribution is -0.248. The smallest absolute Gasteiger partial charge is 0.170 e. The highest BCUT2D eigenvalue weighted by molar-refractivity contribution is 8.00. The first-order chi connectivity index (χ1) is 28.7. The molecule has 4 heterocycles. The summed E-state index contributed by atoms with van der Waals surface area (Å²) in [6.45, 7) is -3.76. The molecule has 2 aromatic rings. The Hall–Kier alpha value is -1.16. The zero-order chi connectivity index (χ0) is 45.3. The molecule has 4 aliphatic rings. The molecule has 20 atom stereocenters. The average molecular weight is 947 g/mol. The molecular weight excluding hydrogens is 897 g/mol. The summed E-state index contributed by atoms with van der Waals surface area (Å²) in [5, 5.41) is 182. The van der Waals surface area contributed by atoms with Gasteiger partial charge in [0.2, 0.25) is 0 Å². The summed E-state index contributed by atoms with van der Waals surface area (Å²) in [7, 11) is 0. The summed E-state index contributed by atoms with van der Waals surface area (Å²) < 4.78 is 23.0. The molecule has 4 fully saturated rings. The number of ether oxygens (including phenoxy) is 4. The van der Waals surface area contributed by atoms with E-state index in [0.29, 0.717) is 23.5 Å². The monoisotopic (exact) mass is 946 g/mol. The van der Waals surface area contributed by atoms with Crippen molar-refractivity contribution in [3.8, 4) is 5.75 Å². The van der Waals surface area contributed by atoms with E-state index >= 15 is 0 Å². The second-order valence-electron chi connectivity index (χ2n) is 14.5. The van der Waals surface area contributed by atoms with Crippen molar-refractivity contribution in [2.45, 2.75) is 128 Å². The number of benzene rings is 2. The Morgan fingerprint density at radius 3 is 1.30 bits per heavy atom. The molecule has 0 aliphatic carbocycles. The van der Waals surface area contributed by atoms with E-state index < -0.39 is 171 Å². The van der Waals surface area contributed by atoms with Crippen molar-refractivity contribution in [3.63, 3.8) is 0 Å². The van der Waals surface area contributed by atoms with Crippen molar-refractivity contribution < 1.29 is 106 Å². The zero-order valence-electron chi connectivity index (χ0n) is 31.6. The number of aliphatic hydroxyl groups excluding tert-OH is 16. The summed E-state index contributed by atoms with van der Waals surface area (Å²) in [4.78, 5) is -6.41. The Bertz CT molecular complexity index is 1690. The van der Waals surface area contributed by atoms with Crippen LogP contribution in [0.15, 0.2) is 40.1 Å². The molecule has 0 unspecified atom stereocenters. The molecule has 21 nitrogen and oxygen atoms in total. The Balaban J connectivity index is 0.00000108. The van der Waals surface area contributed by atoms with E-state index in [1.165, 1.54) is 0 Å². The third-order valence-electron chi connectivity index (χ3n) is 10.6. The normalized spacial score (nSPS) is 44.2. The minimum absolute atomic E-state index is 0.331. The molecular formula is C36H50O21S4. The zero-order valence-corrected chi connectivity index (χ0v) is 35.0. The van der Waals surface area contributed by atoms with Crippen molar-refractivity contribution in [2.24, 2.45) is 0 Å². The SMILES string of the molecule is OC[C@H]1O[C@@H](Sc2cc([C@]3(S)O[C@H](CO)[C@@H](O)[C@H](O)[C@H]3O)c(S[C@@H]3O[C@H](CO)[C@@H](O)[C@H](O)[C@H]3O)c([C@]3(S)O[C@H](CO)[C@@H](O)[C@H](O)[C@H]3O)c2O)[C@H](O)[C@@H](O)[C@@H]1O.[c]1cc[c]cc1. The lowest BCUT2D eigenvalue weighted by Gasteiger charge is -2.50. The Morgan fingerprint density at radius 2 is 0.885 bits per heavy atom. The largest absolute Gasteiger partial charge is 0.506 e. The van der Waals surface area contributed by atoms with Crippen LogP contribution in [0.3, 0.4) is 0 Å². The second-order valence-corrected chi connectivity index (χ2v) is 18.1. The van der Waals surface area contributed by atoms with Gasteiger partial charge in [0.05, 0.1) is 36.9 Å². The van der Waals surface area contributed by atoms with Gasteiger partial charge in [-0.3, -0.25) is 0 Å². The van der Waals surface area contributed by atoms with Crippen LogP contribution in [0.1, 0.15) is 11.1 Å². The first-order valence-electron chi connectivity index (χ1n) is 18.5. The molecule has 0 spiro atoms. The molecule has 4 saturated heterocycles. The van der Waals surface area contributed by atoms with Crippen molar-refractivity contribution in [2.75, 3.05) is 26.4 Å². The summed E-state index contributed by atoms with van der Waals surface area (Å²) in [5.41, 5.74) is -4.69. The number of thiol groups is 2. The molecule has 2 aromatic carbocycles. The third-order valence-corrected chi connectivity index (χ3v) is 14.3. The highest BCUT2D eigenvalue weighted by atomic mass is 32.2. The van der Waals surface area contributed by atoms with Crippen LogP contribution in [0.25, 0.3) is 0 Å². The van der Waals surface area contributed by atoms with E-state index in [4.69, 9.17) is 18.9 Å². The van der Waals surface area contributed by atoms with Gasteiger partial charge in [0.15, 0.2) is 9.87 Å². The maximum Gasteiger partial charge on any atom is 0.170 e. The van der Waals surface area contributed by atoms with Crippen LogP contribution in [0.4, 0.5) is 0 Å². The van der Waals surface area contributed by atoms with Gasteiger partial charge in [0.1, 0.15) is 114 Å². The van der Waals surface area contributed by atoms with Gasteiger partial charge in [0.25, 0.3) is 0 Å². The van der Waals surface area contributed by atoms with Gasteiger partial charge in [-0.1, -0.05) is 47.8 Å². The standard InChI is InChI=1S/C30H46O21S4.C6H4/c31-2-7-13(35)18(40)22(44)27(48-7)54-11-1-6(29(52)25(46)20(42)15(37)9(4-33)50-29)24(55-28-23(45)19(41)14(36)8(3-32)49-28)12(17(11)39)30(53)26(47)21(43)16(38)10(5-34)51-30;1-2-4-6-5-3-1/h1,7-10,13-16,18-23,25-28,31-47,52-53H,2-5H2;1-2,5-6H/t7-,8-,9-,10-,13-,14-,15-,16-,18+,19+,20+,21+,22-,23-,25-,26-,27+,28+,29-,30-;/m1./s1. The number of aliphatic hydroxyl groups is 16. The van der Waals surface area contributed by atoms with Crippen LogP contribution >= 0.6 is 48.8 Å². The van der Waals surface area contributed by atoms with Crippen molar-refractivity contribution in [1.29, 1.82) is 0 Å². The van der Waals surface area contributed by atoms with Crippen molar-refractivity contribution >= 4 is 48.8 Å². The highest BCUT2D eigenvalue weighted by Crippen LogP contribution is 2.58. The molecule has 25 heteroatoms. The van der Waals surface area contributed by atoms with E-state index in [2.05, 4.69) is 37.4 Å². The minimum atomic E-state index is -2.77. The summed E-state index contributed by atoms with van der Waals surface area (Å²) in [6, 6.07) is 14.0. The van der Waals surface area contributed by atoms with Gasteiger partial charge in [-0.15, -0.1) is 25.3 Å². The van der Waals surface area contributed by atoms with Crippen LogP contribution < -0.4 is 0 Å². The van der Waals surface area contributed by atoms with Gasteiger partial charge < -0.3 is 106 Å². The molecule has 61 heavy (non-hydrogen) atoms. The molecule has 0 aromatic heterocycles. The maximum absolute atomic E-state index is 12.2. The summed E-state index contributed by atoms with van der Waals surface area (Å²) >= 11 is 9.76. The Kier molecular flexibility index (Phi) is 17.5. The van der Waals surface area contributed by atoms with Crippen molar-refractivity contribution in [3.05, 3.63) is 53.6 Å². The number of hydrogen-bond donors (Lipinski definition) is 19. The van der Waals surface area contributed by atoms with Crippen LogP contribution in [0.2, 0.25) is 0 Å². The highest BCUT2D eigenvalue weighted by Gasteiger charge is 2.59. The Labute approximate surface area is 367 Å². The lowest BCUT2D eigenvalue weighted by Crippen LogP contribution is -2.62. The van der Waals surface area contributed by atoms with Gasteiger partial charge in [-0.25, -0.2) is 0 Å². The van der Waals surface area contributed by atoms with Crippen LogP contribution in [0, 0.1) is 12.1 Å². The quantitative estimate of drug-likeness (QED) is 0.0985. The van der Waals surface area contributed by atoms with Crippen LogP contribution in [0.5, 0.6) is 5.75 Å². The topological polar surface area (TPSA) is 381 Å². The molecule has 2 radical (unpaired) electrons. The molecule has 0 amide bonds. The van der Waals surface area contributed by atoms with Crippen LogP contribution in [-0.2, 0) is 28.8 Å². The van der Waals surface area contributed by atoms with E-state index in [1.54, 1.807) is 0 Å². The number of phenols is 1. The predicted molar refractivity (Wildman–Crippen MR) is 213 cm³/mol. The lowest BCUT2D eigenvalue weighted by atomic mass is 9.86. The molecule has 17 N–H and O–H groups in total. The molecule has 4 aliphatic heterocycles. The Morgan fingerprint density at radius 1 is 0.508 bits per heavy atom. The number of aromatic hydroxyl groups is 1. The predicted octanol–water partition coefficient (Wildman–Crippen LogP) is -6.42. The van der Waals surface area contributed by atoms with Crippen LogP contribution in [-0.4, -0.2) is 222 Å². The fourth-order valence-electron chi connectivity index (χ4n) is 7.05. The minimum Gasteiger partial charge on any atom is -0.506 e. The van der Waals surface area contributed by atoms with E-state index in [-0.39, 0.29) is 0 Å². The number of phenolic OH excluding ortho intramolecular Hbond substituents is 1. The number of rotatable bonds is 10. The number of thioether (sulfide) groups is 2. The second kappa shape index (κ2) is 21.0. The van der Waals surface area contributed by atoms with E-state index in [0.717, 1.165) is 6.07 Å². The molecule has 0 bridgehead atoms. The summed E-state index contributed by atoms with van der Waals surface area (Å²) in [5.74, 6) is -0.992. The van der Waals surface area contributed by atoms with Gasteiger partial charge in [0, 0.05) is 10.5 Å². The van der Waals surface area contributed by atoms with E-state index in [1.807, 2.05) is 24.3 Å². The number of hydrogen-bond acceptors (Lipinski definition) is 25. The molecule has 6 rings (SSSR count). The van der Waals surface area contributed by atoms with Crippen molar-refractivity contribution in [1.82, 2.24) is 0 Å². The first kappa shape index (κ1) is 50.8. The summed E-state index contributed by atoms with van der Waals surface area (Å²) in [6.07, 6.45) is -30.8. The van der Waals surface area contributed by atoms with Gasteiger partial charge >= 0.3 is 0 Å². The average Bonchev–Trinajstić information content (AvgIpc) is 3.26. The fraction of sp³-hybridized carbons (Fsp3) is 0.667. The molecule has 344 valence electrons. The van der Waals surface area contributed by atoms with Gasteiger partial charge in [-0.05, 0) is 18.2 Å². The fourth-order valence-corrected chi connectivity index (χ4v) is 10.8.